The Labute approximate surface area is 165 Å². The minimum atomic E-state index is -0.469. The number of aliphatic hydroxyl groups is 1. The molecule has 1 aromatic carbocycles. The number of hydrogen-bond acceptors (Lipinski definition) is 6. The summed E-state index contributed by atoms with van der Waals surface area (Å²) in [4.78, 5) is 17.9. The average molecular weight is 387 g/mol. The molecular formula is C21H29N3O4. The first-order valence-corrected chi connectivity index (χ1v) is 9.78. The lowest BCUT2D eigenvalue weighted by atomic mass is 10.1. The van der Waals surface area contributed by atoms with E-state index in [9.17, 15) is 9.90 Å². The van der Waals surface area contributed by atoms with Gasteiger partial charge in [-0.2, -0.15) is 0 Å². The lowest BCUT2D eigenvalue weighted by Gasteiger charge is -2.33. The normalized spacial score (nSPS) is 18.1. The zero-order chi connectivity index (χ0) is 20.1. The molecule has 3 N–H and O–H groups in total. The fourth-order valence-electron chi connectivity index (χ4n) is 3.54. The minimum absolute atomic E-state index is 0.153. The monoisotopic (exact) mass is 387 g/mol. The maximum absolute atomic E-state index is 11.5. The van der Waals surface area contributed by atoms with E-state index in [2.05, 4.69) is 9.88 Å². The van der Waals surface area contributed by atoms with Crippen LogP contribution in [0.25, 0.3) is 10.8 Å². The van der Waals surface area contributed by atoms with Crippen molar-refractivity contribution in [1.82, 2.24) is 9.88 Å². The minimum Gasteiger partial charge on any atom is -0.486 e. The summed E-state index contributed by atoms with van der Waals surface area (Å²) >= 11 is 0. The topological polar surface area (TPSA) is 97.9 Å². The molecule has 0 radical (unpaired) electrons. The van der Waals surface area contributed by atoms with Crippen LogP contribution in [0.15, 0.2) is 30.6 Å². The standard InChI is InChI=1S/C21H29N3O4/c1-14(25)12-24-7-5-18(6-8-24)27-13-15(2)28-20-11-23-10-17-4-3-16(21(22)26)9-19(17)20/h3-4,9-11,14-15,18,25H,5-8,12-13H2,1-2H3,(H2,22,26). The fraction of sp³-hybridized carbons (Fsp3) is 0.524. The second kappa shape index (κ2) is 9.32. The predicted octanol–water partition coefficient (Wildman–Crippen LogP) is 1.96. The third-order valence-electron chi connectivity index (χ3n) is 4.96. The first kappa shape index (κ1) is 20.5. The Morgan fingerprint density at radius 1 is 1.32 bits per heavy atom. The molecule has 2 heterocycles. The van der Waals surface area contributed by atoms with E-state index < -0.39 is 5.91 Å². The highest BCUT2D eigenvalue weighted by Crippen LogP contribution is 2.26. The highest BCUT2D eigenvalue weighted by Gasteiger charge is 2.21. The maximum atomic E-state index is 11.5. The molecule has 2 unspecified atom stereocenters. The molecule has 0 bridgehead atoms. The Hall–Kier alpha value is -2.22. The molecule has 152 valence electrons. The van der Waals surface area contributed by atoms with Crippen molar-refractivity contribution in [2.75, 3.05) is 26.2 Å². The highest BCUT2D eigenvalue weighted by atomic mass is 16.5. The summed E-state index contributed by atoms with van der Waals surface area (Å²) in [5.74, 6) is 0.145. The zero-order valence-electron chi connectivity index (χ0n) is 16.5. The summed E-state index contributed by atoms with van der Waals surface area (Å²) in [7, 11) is 0. The molecule has 1 aromatic heterocycles. The van der Waals surface area contributed by atoms with E-state index in [-0.39, 0.29) is 18.3 Å². The van der Waals surface area contributed by atoms with Gasteiger partial charge in [-0.15, -0.1) is 0 Å². The van der Waals surface area contributed by atoms with E-state index >= 15 is 0 Å². The number of aromatic nitrogens is 1. The third kappa shape index (κ3) is 5.41. The van der Waals surface area contributed by atoms with Crippen LogP contribution in [0.5, 0.6) is 5.75 Å². The number of pyridine rings is 1. The van der Waals surface area contributed by atoms with Crippen LogP contribution in [0, 0.1) is 0 Å². The van der Waals surface area contributed by atoms with Gasteiger partial charge in [-0.25, -0.2) is 0 Å². The number of carbonyl (C=O) groups is 1. The van der Waals surface area contributed by atoms with Crippen molar-refractivity contribution in [2.24, 2.45) is 5.73 Å². The van der Waals surface area contributed by atoms with Gasteiger partial charge in [0.2, 0.25) is 5.91 Å². The van der Waals surface area contributed by atoms with Crippen LogP contribution in [0.4, 0.5) is 0 Å². The van der Waals surface area contributed by atoms with Gasteiger partial charge in [0.05, 0.1) is 25.0 Å². The fourth-order valence-corrected chi connectivity index (χ4v) is 3.54. The van der Waals surface area contributed by atoms with E-state index in [1.54, 1.807) is 24.5 Å². The molecule has 2 atom stereocenters. The SMILES string of the molecule is CC(O)CN1CCC(OCC(C)Oc2cncc3ccc(C(N)=O)cc23)CC1. The maximum Gasteiger partial charge on any atom is 0.248 e. The molecular weight excluding hydrogens is 358 g/mol. The molecule has 0 aliphatic carbocycles. The van der Waals surface area contributed by atoms with E-state index in [0.29, 0.717) is 24.5 Å². The Kier molecular flexibility index (Phi) is 6.83. The molecule has 0 saturated carbocycles. The van der Waals surface area contributed by atoms with Gasteiger partial charge >= 0.3 is 0 Å². The number of aliphatic hydroxyl groups excluding tert-OH is 1. The van der Waals surface area contributed by atoms with Gasteiger partial charge < -0.3 is 25.2 Å². The number of primary amides is 1. The van der Waals surface area contributed by atoms with Gasteiger partial charge in [0, 0.05) is 42.2 Å². The van der Waals surface area contributed by atoms with E-state index in [1.165, 1.54) is 0 Å². The van der Waals surface area contributed by atoms with Crippen LogP contribution in [0.1, 0.15) is 37.0 Å². The summed E-state index contributed by atoms with van der Waals surface area (Å²) in [6.07, 6.45) is 5.06. The molecule has 7 heteroatoms. The van der Waals surface area contributed by atoms with Crippen LogP contribution in [-0.4, -0.2) is 65.5 Å². The van der Waals surface area contributed by atoms with E-state index in [0.717, 1.165) is 36.7 Å². The van der Waals surface area contributed by atoms with Crippen LogP contribution >= 0.6 is 0 Å². The van der Waals surface area contributed by atoms with Crippen molar-refractivity contribution in [3.05, 3.63) is 36.2 Å². The van der Waals surface area contributed by atoms with E-state index in [4.69, 9.17) is 15.2 Å². The molecule has 1 aliphatic rings. The Morgan fingerprint density at radius 3 is 2.75 bits per heavy atom. The lowest BCUT2D eigenvalue weighted by molar-refractivity contribution is -0.0280. The molecule has 7 nitrogen and oxygen atoms in total. The Balaban J connectivity index is 1.55. The zero-order valence-corrected chi connectivity index (χ0v) is 16.5. The second-order valence-corrected chi connectivity index (χ2v) is 7.55. The van der Waals surface area contributed by atoms with Gasteiger partial charge in [-0.3, -0.25) is 9.78 Å². The number of hydrogen-bond donors (Lipinski definition) is 2. The number of fused-ring (bicyclic) bond motifs is 1. The molecule has 28 heavy (non-hydrogen) atoms. The van der Waals surface area contributed by atoms with Crippen molar-refractivity contribution < 1.29 is 19.4 Å². The predicted molar refractivity (Wildman–Crippen MR) is 107 cm³/mol. The first-order valence-electron chi connectivity index (χ1n) is 9.78. The Bertz CT molecular complexity index is 803. The van der Waals surface area contributed by atoms with Crippen LogP contribution in [0.2, 0.25) is 0 Å². The molecule has 0 spiro atoms. The van der Waals surface area contributed by atoms with Gasteiger partial charge in [0.25, 0.3) is 0 Å². The van der Waals surface area contributed by atoms with Gasteiger partial charge in [0.1, 0.15) is 11.9 Å². The van der Waals surface area contributed by atoms with Gasteiger partial charge in [-0.05, 0) is 38.8 Å². The van der Waals surface area contributed by atoms with Crippen molar-refractivity contribution >= 4 is 16.7 Å². The van der Waals surface area contributed by atoms with Crippen LogP contribution in [-0.2, 0) is 4.74 Å². The third-order valence-corrected chi connectivity index (χ3v) is 4.96. The summed E-state index contributed by atoms with van der Waals surface area (Å²) in [5, 5.41) is 11.2. The second-order valence-electron chi connectivity index (χ2n) is 7.55. The average Bonchev–Trinajstić information content (AvgIpc) is 2.67. The summed E-state index contributed by atoms with van der Waals surface area (Å²) in [6.45, 7) is 6.85. The number of β-amino-alcohol motifs (C(OH)–C–C–N with tert-alkyl or cyclic N) is 1. The van der Waals surface area contributed by atoms with Gasteiger partial charge in [0.15, 0.2) is 0 Å². The van der Waals surface area contributed by atoms with Gasteiger partial charge in [-0.1, -0.05) is 6.07 Å². The van der Waals surface area contributed by atoms with Crippen molar-refractivity contribution in [3.8, 4) is 5.75 Å². The summed E-state index contributed by atoms with van der Waals surface area (Å²) in [6, 6.07) is 5.24. The largest absolute Gasteiger partial charge is 0.486 e. The summed E-state index contributed by atoms with van der Waals surface area (Å²) < 4.78 is 12.1. The quantitative estimate of drug-likeness (QED) is 0.719. The first-order chi connectivity index (χ1) is 13.4. The summed E-state index contributed by atoms with van der Waals surface area (Å²) in [5.41, 5.74) is 5.83. The van der Waals surface area contributed by atoms with Crippen LogP contribution in [0.3, 0.4) is 0 Å². The number of piperidine rings is 1. The Morgan fingerprint density at radius 2 is 2.07 bits per heavy atom. The molecule has 1 amide bonds. The van der Waals surface area contributed by atoms with Crippen LogP contribution < -0.4 is 10.5 Å². The van der Waals surface area contributed by atoms with Crippen molar-refractivity contribution in [2.45, 2.75) is 45.0 Å². The lowest BCUT2D eigenvalue weighted by Crippen LogP contribution is -2.41. The van der Waals surface area contributed by atoms with E-state index in [1.807, 2.05) is 19.9 Å². The number of benzene rings is 1. The molecule has 1 fully saturated rings. The number of nitrogens with two attached hydrogens (primary N) is 1. The number of rotatable bonds is 8. The highest BCUT2D eigenvalue weighted by molar-refractivity contribution is 5.99. The molecule has 3 rings (SSSR count). The smallest absolute Gasteiger partial charge is 0.248 e. The molecule has 1 saturated heterocycles. The number of ether oxygens (including phenoxy) is 2. The van der Waals surface area contributed by atoms with Crippen molar-refractivity contribution in [3.63, 3.8) is 0 Å². The molecule has 2 aromatic rings. The number of amides is 1. The molecule has 1 aliphatic heterocycles. The van der Waals surface area contributed by atoms with Crippen molar-refractivity contribution in [1.29, 1.82) is 0 Å². The number of likely N-dealkylation sites (tertiary alicyclic amines) is 1. The number of nitrogens with zero attached hydrogens (tertiary/aromatic N) is 2. The number of carbonyl (C=O) groups excluding carboxylic acids is 1.